The summed E-state index contributed by atoms with van der Waals surface area (Å²) in [4.78, 5) is 23.9. The fourth-order valence-corrected chi connectivity index (χ4v) is 6.40. The van der Waals surface area contributed by atoms with Gasteiger partial charge in [0, 0.05) is 69.5 Å². The van der Waals surface area contributed by atoms with Crippen LogP contribution < -0.4 is 14.4 Å². The van der Waals surface area contributed by atoms with Crippen molar-refractivity contribution >= 4 is 22.7 Å². The molecule has 7 rings (SSSR count). The monoisotopic (exact) mass is 660 g/mol. The Kier molecular flexibility index (Phi) is 9.14. The van der Waals surface area contributed by atoms with Crippen molar-refractivity contribution in [3.63, 3.8) is 0 Å². The minimum absolute atomic E-state index is 0.218. The molecule has 2 saturated heterocycles. The molecule has 0 radical (unpaired) electrons. The van der Waals surface area contributed by atoms with E-state index < -0.39 is 5.60 Å². The number of fused-ring (bicyclic) bond motifs is 1. The van der Waals surface area contributed by atoms with Crippen molar-refractivity contribution in [2.45, 2.75) is 45.6 Å². The van der Waals surface area contributed by atoms with Crippen molar-refractivity contribution in [1.29, 1.82) is 0 Å². The van der Waals surface area contributed by atoms with Crippen LogP contribution in [0.1, 0.15) is 31.9 Å². The molecule has 4 heterocycles. The van der Waals surface area contributed by atoms with Crippen molar-refractivity contribution in [3.05, 3.63) is 102 Å². The molecule has 0 aliphatic carbocycles. The Balaban J connectivity index is 1.06. The first-order valence-corrected chi connectivity index (χ1v) is 17.0. The molecule has 3 aromatic carbocycles. The zero-order chi connectivity index (χ0) is 34.0. The average molecular weight is 661 g/mol. The highest BCUT2D eigenvalue weighted by atomic mass is 16.6. The van der Waals surface area contributed by atoms with Crippen LogP contribution >= 0.6 is 0 Å². The Morgan fingerprint density at radius 2 is 1.47 bits per heavy atom. The van der Waals surface area contributed by atoms with Crippen LogP contribution in [0.15, 0.2) is 91.0 Å². The Labute approximate surface area is 287 Å². The Morgan fingerprint density at radius 3 is 2.12 bits per heavy atom. The van der Waals surface area contributed by atoms with E-state index >= 15 is 0 Å². The summed E-state index contributed by atoms with van der Waals surface area (Å²) in [6.45, 7) is 11.7. The number of carbonyl (C=O) groups is 1. The molecule has 0 unspecified atom stereocenters. The second-order valence-corrected chi connectivity index (χ2v) is 13.8. The lowest BCUT2D eigenvalue weighted by Gasteiger charge is -2.48. The van der Waals surface area contributed by atoms with Crippen LogP contribution in [0.5, 0.6) is 11.8 Å². The number of pyridine rings is 1. The molecule has 49 heavy (non-hydrogen) atoms. The van der Waals surface area contributed by atoms with Gasteiger partial charge >= 0.3 is 6.09 Å². The summed E-state index contributed by atoms with van der Waals surface area (Å²) in [6, 6.07) is 31.0. The molecule has 2 aromatic heterocycles. The van der Waals surface area contributed by atoms with Crippen molar-refractivity contribution in [2.75, 3.05) is 44.2 Å². The van der Waals surface area contributed by atoms with E-state index in [-0.39, 0.29) is 6.09 Å². The molecule has 254 valence electrons. The molecule has 10 heteroatoms. The van der Waals surface area contributed by atoms with Crippen molar-refractivity contribution in [2.24, 2.45) is 7.05 Å². The van der Waals surface area contributed by atoms with Gasteiger partial charge in [-0.3, -0.25) is 9.58 Å². The van der Waals surface area contributed by atoms with Crippen molar-refractivity contribution in [1.82, 2.24) is 24.6 Å². The van der Waals surface area contributed by atoms with E-state index in [1.165, 1.54) is 5.69 Å². The number of benzene rings is 3. The standard InChI is InChI=1S/C39H44N6O4/c1-39(2,3)49-38(46)45-24-31(25-45)44-21-19-43(20-22-44)30-15-16-32-34(23-30)42(4)41-36(32)33-17-18-35(47-26-28-11-7-5-8-12-28)40-37(33)48-27-29-13-9-6-10-14-29/h5-18,23,31H,19-22,24-27H2,1-4H3. The summed E-state index contributed by atoms with van der Waals surface area (Å²) >= 11 is 0. The van der Waals surface area contributed by atoms with Gasteiger partial charge in [-0.2, -0.15) is 10.1 Å². The summed E-state index contributed by atoms with van der Waals surface area (Å²) in [7, 11) is 1.98. The SMILES string of the molecule is Cn1nc(-c2ccc(OCc3ccccc3)nc2OCc2ccccc2)c2ccc(N3CCN(C4CN(C(=O)OC(C)(C)C)C4)CC3)cc21. The zero-order valence-corrected chi connectivity index (χ0v) is 28.7. The van der Waals surface area contributed by atoms with Gasteiger partial charge in [-0.25, -0.2) is 4.79 Å². The van der Waals surface area contributed by atoms with Gasteiger partial charge in [0.1, 0.15) is 24.5 Å². The lowest BCUT2D eigenvalue weighted by Crippen LogP contribution is -2.64. The molecule has 2 aliphatic rings. The minimum atomic E-state index is -0.471. The van der Waals surface area contributed by atoms with Gasteiger partial charge in [-0.05, 0) is 56.2 Å². The molecular weight excluding hydrogens is 616 g/mol. The maximum atomic E-state index is 12.4. The van der Waals surface area contributed by atoms with Crippen LogP contribution in [0.25, 0.3) is 22.2 Å². The van der Waals surface area contributed by atoms with Crippen molar-refractivity contribution < 1.29 is 19.0 Å². The molecule has 5 aromatic rings. The molecule has 2 aliphatic heterocycles. The fraction of sp³-hybridized carbons (Fsp3) is 0.359. The smallest absolute Gasteiger partial charge is 0.410 e. The zero-order valence-electron chi connectivity index (χ0n) is 28.7. The van der Waals surface area contributed by atoms with E-state index in [4.69, 9.17) is 24.3 Å². The van der Waals surface area contributed by atoms with Gasteiger partial charge in [-0.15, -0.1) is 0 Å². The van der Waals surface area contributed by atoms with Gasteiger partial charge in [0.2, 0.25) is 11.8 Å². The van der Waals surface area contributed by atoms with Gasteiger partial charge in [0.15, 0.2) is 0 Å². The van der Waals surface area contributed by atoms with Gasteiger partial charge in [-0.1, -0.05) is 60.7 Å². The Bertz CT molecular complexity index is 1890. The molecule has 0 spiro atoms. The maximum absolute atomic E-state index is 12.4. The first kappa shape index (κ1) is 32.5. The molecule has 0 N–H and O–H groups in total. The van der Waals surface area contributed by atoms with Crippen LogP contribution in [0, 0.1) is 0 Å². The largest absolute Gasteiger partial charge is 0.473 e. The van der Waals surface area contributed by atoms with E-state index in [9.17, 15) is 4.79 Å². The molecule has 0 bridgehead atoms. The van der Waals surface area contributed by atoms with Gasteiger partial charge in [0.05, 0.1) is 11.1 Å². The highest BCUT2D eigenvalue weighted by Gasteiger charge is 2.38. The molecule has 1 amide bonds. The number of amides is 1. The van der Waals surface area contributed by atoms with Crippen LogP contribution in [0.4, 0.5) is 10.5 Å². The van der Waals surface area contributed by atoms with Crippen LogP contribution in [-0.2, 0) is 25.0 Å². The number of likely N-dealkylation sites (tertiary alicyclic amines) is 1. The second-order valence-electron chi connectivity index (χ2n) is 13.8. The third-order valence-electron chi connectivity index (χ3n) is 9.08. The number of hydrogen-bond acceptors (Lipinski definition) is 8. The average Bonchev–Trinajstić information content (AvgIpc) is 3.41. The Hall–Kier alpha value is -5.09. The third kappa shape index (κ3) is 7.49. The molecular formula is C39H44N6O4. The quantitative estimate of drug-likeness (QED) is 0.176. The number of ether oxygens (including phenoxy) is 3. The summed E-state index contributed by atoms with van der Waals surface area (Å²) < 4.78 is 19.9. The lowest BCUT2D eigenvalue weighted by atomic mass is 10.1. The summed E-state index contributed by atoms with van der Waals surface area (Å²) in [5.41, 5.74) is 5.50. The number of carbonyl (C=O) groups excluding carboxylic acids is 1. The van der Waals surface area contributed by atoms with E-state index in [0.29, 0.717) is 31.0 Å². The van der Waals surface area contributed by atoms with Crippen LogP contribution in [0.2, 0.25) is 0 Å². The van der Waals surface area contributed by atoms with Crippen molar-refractivity contribution in [3.8, 4) is 23.0 Å². The predicted molar refractivity (Wildman–Crippen MR) is 191 cm³/mol. The fourth-order valence-electron chi connectivity index (χ4n) is 6.40. The van der Waals surface area contributed by atoms with E-state index in [0.717, 1.165) is 72.6 Å². The number of piperazine rings is 1. The molecule has 0 saturated carbocycles. The van der Waals surface area contributed by atoms with Gasteiger partial charge in [0.25, 0.3) is 0 Å². The number of aryl methyl sites for hydroxylation is 1. The molecule has 10 nitrogen and oxygen atoms in total. The van der Waals surface area contributed by atoms with Crippen LogP contribution in [0.3, 0.4) is 0 Å². The lowest BCUT2D eigenvalue weighted by molar-refractivity contribution is -0.0162. The normalized spacial score (nSPS) is 15.7. The number of anilines is 1. The first-order chi connectivity index (χ1) is 23.7. The molecule has 2 fully saturated rings. The highest BCUT2D eigenvalue weighted by Crippen LogP contribution is 2.37. The number of rotatable bonds is 9. The molecule has 0 atom stereocenters. The first-order valence-electron chi connectivity index (χ1n) is 17.0. The third-order valence-corrected chi connectivity index (χ3v) is 9.08. The summed E-state index contributed by atoms with van der Waals surface area (Å²) in [5, 5.41) is 6.00. The number of aromatic nitrogens is 3. The predicted octanol–water partition coefficient (Wildman–Crippen LogP) is 6.53. The second kappa shape index (κ2) is 13.8. The van der Waals surface area contributed by atoms with E-state index in [1.54, 1.807) is 4.90 Å². The van der Waals surface area contributed by atoms with E-state index in [2.05, 4.69) is 28.0 Å². The minimum Gasteiger partial charge on any atom is -0.473 e. The maximum Gasteiger partial charge on any atom is 0.410 e. The number of hydrogen-bond donors (Lipinski definition) is 0. The highest BCUT2D eigenvalue weighted by molar-refractivity contribution is 5.96. The van der Waals surface area contributed by atoms with Crippen LogP contribution in [-0.4, -0.2) is 81.6 Å². The van der Waals surface area contributed by atoms with E-state index in [1.807, 2.05) is 105 Å². The Morgan fingerprint density at radius 1 is 0.816 bits per heavy atom. The summed E-state index contributed by atoms with van der Waals surface area (Å²) in [5.74, 6) is 0.979. The summed E-state index contributed by atoms with van der Waals surface area (Å²) in [6.07, 6.45) is -0.218. The number of nitrogens with zero attached hydrogens (tertiary/aromatic N) is 6. The van der Waals surface area contributed by atoms with Gasteiger partial charge < -0.3 is 24.0 Å². The topological polar surface area (TPSA) is 85.2 Å².